The average Bonchev–Trinajstić information content (AvgIpc) is 2.59. The average molecular weight is 370 g/mol. The van der Waals surface area contributed by atoms with E-state index >= 15 is 0 Å². The van der Waals surface area contributed by atoms with Crippen LogP contribution in [0.4, 0.5) is 0 Å². The molecule has 0 fully saturated rings. The maximum Gasteiger partial charge on any atom is 0.332 e. The molecule has 0 aliphatic carbocycles. The van der Waals surface area contributed by atoms with E-state index in [-0.39, 0.29) is 0 Å². The molecule has 0 heterocycles. The summed E-state index contributed by atoms with van der Waals surface area (Å²) in [5.74, 6) is -6.32. The third kappa shape index (κ3) is 5.31. The van der Waals surface area contributed by atoms with Crippen molar-refractivity contribution in [1.82, 2.24) is 9.80 Å². The molecule has 0 unspecified atom stereocenters. The van der Waals surface area contributed by atoms with E-state index in [1.807, 2.05) is 0 Å². The molecule has 0 aliphatic rings. The summed E-state index contributed by atoms with van der Waals surface area (Å²) >= 11 is 0. The highest BCUT2D eigenvalue weighted by atomic mass is 16.4. The number of carbonyl (C=O) groups is 4. The predicted octanol–water partition coefficient (Wildman–Crippen LogP) is 1.46. The van der Waals surface area contributed by atoms with Crippen LogP contribution in [0, 0.1) is 11.8 Å². The minimum absolute atomic E-state index is 0.378. The van der Waals surface area contributed by atoms with Crippen LogP contribution in [-0.2, 0) is 19.2 Å². The molecule has 2 amide bonds. The van der Waals surface area contributed by atoms with E-state index in [0.717, 1.165) is 0 Å². The van der Waals surface area contributed by atoms with E-state index in [9.17, 15) is 29.4 Å². The number of amides is 2. The Kier molecular flexibility index (Phi) is 9.61. The van der Waals surface area contributed by atoms with Gasteiger partial charge in [-0.05, 0) is 41.5 Å². The molecule has 0 aliphatic heterocycles. The first kappa shape index (κ1) is 23.6. The molecule has 148 valence electrons. The SMILES string of the molecule is CCN(CC)C(=O)[C@@H](C)/C(C(=O)O)=C(\C(=O)O)[C@H](C)C(=O)N(CC)CC. The quantitative estimate of drug-likeness (QED) is 0.563. The zero-order valence-corrected chi connectivity index (χ0v) is 16.4. The molecule has 0 radical (unpaired) electrons. The second-order valence-corrected chi connectivity index (χ2v) is 5.90. The molecule has 0 bridgehead atoms. The summed E-state index contributed by atoms with van der Waals surface area (Å²) in [4.78, 5) is 51.6. The standard InChI is InChI=1S/C18H30N2O6/c1-7-19(8-2)15(21)11(5)13(17(23)24)14(18(25)26)12(6)16(22)20(9-3)10-4/h11-12H,7-10H2,1-6H3,(H,23,24)(H,25,26)/b14-13+/t11-,12-/m0/s1. The van der Waals surface area contributed by atoms with Gasteiger partial charge in [-0.3, -0.25) is 9.59 Å². The van der Waals surface area contributed by atoms with Gasteiger partial charge < -0.3 is 20.0 Å². The largest absolute Gasteiger partial charge is 0.478 e. The fraction of sp³-hybridized carbons (Fsp3) is 0.667. The molecule has 2 N–H and O–H groups in total. The highest BCUT2D eigenvalue weighted by Crippen LogP contribution is 2.26. The van der Waals surface area contributed by atoms with E-state index in [0.29, 0.717) is 26.2 Å². The van der Waals surface area contributed by atoms with Crippen molar-refractivity contribution in [3.8, 4) is 0 Å². The Morgan fingerprint density at radius 3 is 1.04 bits per heavy atom. The predicted molar refractivity (Wildman–Crippen MR) is 96.5 cm³/mol. The highest BCUT2D eigenvalue weighted by molar-refractivity contribution is 6.06. The van der Waals surface area contributed by atoms with E-state index < -0.39 is 46.7 Å². The van der Waals surface area contributed by atoms with Crippen molar-refractivity contribution < 1.29 is 29.4 Å². The summed E-state index contributed by atoms with van der Waals surface area (Å²) in [6.45, 7) is 11.2. The van der Waals surface area contributed by atoms with Crippen molar-refractivity contribution in [2.45, 2.75) is 41.5 Å². The first-order valence-corrected chi connectivity index (χ1v) is 8.86. The number of carboxylic acid groups (broad SMARTS) is 2. The number of hydrogen-bond acceptors (Lipinski definition) is 4. The first-order valence-electron chi connectivity index (χ1n) is 8.86. The number of aliphatic carboxylic acids is 2. The van der Waals surface area contributed by atoms with Gasteiger partial charge in [0.2, 0.25) is 11.8 Å². The van der Waals surface area contributed by atoms with Crippen LogP contribution in [0.2, 0.25) is 0 Å². The van der Waals surface area contributed by atoms with E-state index in [2.05, 4.69) is 0 Å². The molecule has 8 heteroatoms. The molecule has 0 saturated heterocycles. The van der Waals surface area contributed by atoms with Gasteiger partial charge in [0.15, 0.2) is 0 Å². The lowest BCUT2D eigenvalue weighted by Gasteiger charge is -2.27. The normalized spacial score (nSPS) is 14.1. The third-order valence-corrected chi connectivity index (χ3v) is 4.51. The minimum Gasteiger partial charge on any atom is -0.478 e. The first-order chi connectivity index (χ1) is 12.1. The van der Waals surface area contributed by atoms with Gasteiger partial charge in [-0.1, -0.05) is 0 Å². The Hall–Kier alpha value is -2.38. The Labute approximate surface area is 154 Å². The Balaban J connectivity index is 6.28. The molecule has 8 nitrogen and oxygen atoms in total. The summed E-state index contributed by atoms with van der Waals surface area (Å²) in [7, 11) is 0. The maximum atomic E-state index is 12.6. The number of nitrogens with zero attached hydrogens (tertiary/aromatic N) is 2. The third-order valence-electron chi connectivity index (χ3n) is 4.51. The van der Waals surface area contributed by atoms with Crippen molar-refractivity contribution in [2.75, 3.05) is 26.2 Å². The molecular weight excluding hydrogens is 340 g/mol. The van der Waals surface area contributed by atoms with Gasteiger partial charge in [0, 0.05) is 26.2 Å². The topological polar surface area (TPSA) is 115 Å². The molecule has 0 aromatic carbocycles. The summed E-state index contributed by atoms with van der Waals surface area (Å²) in [5.41, 5.74) is -1.08. The molecule has 0 spiro atoms. The lowest BCUT2D eigenvalue weighted by Crippen LogP contribution is -2.40. The number of carbonyl (C=O) groups excluding carboxylic acids is 2. The van der Waals surface area contributed by atoms with Crippen molar-refractivity contribution in [3.63, 3.8) is 0 Å². The van der Waals surface area contributed by atoms with E-state index in [4.69, 9.17) is 0 Å². The summed E-state index contributed by atoms with van der Waals surface area (Å²) < 4.78 is 0. The highest BCUT2D eigenvalue weighted by Gasteiger charge is 2.36. The summed E-state index contributed by atoms with van der Waals surface area (Å²) in [6, 6.07) is 0. The Morgan fingerprint density at radius 2 is 0.885 bits per heavy atom. The fourth-order valence-corrected chi connectivity index (χ4v) is 2.93. The number of hydrogen-bond donors (Lipinski definition) is 2. The Bertz CT molecular complexity index is 526. The van der Waals surface area contributed by atoms with Crippen LogP contribution in [-0.4, -0.2) is 69.9 Å². The van der Waals surface area contributed by atoms with Crippen LogP contribution in [0.25, 0.3) is 0 Å². The van der Waals surface area contributed by atoms with Gasteiger partial charge >= 0.3 is 11.9 Å². The zero-order chi connectivity index (χ0) is 20.6. The molecular formula is C18H30N2O6. The number of rotatable bonds is 10. The minimum atomic E-state index is -1.50. The second kappa shape index (κ2) is 10.6. The fourth-order valence-electron chi connectivity index (χ4n) is 2.93. The Morgan fingerprint density at radius 1 is 0.654 bits per heavy atom. The zero-order valence-electron chi connectivity index (χ0n) is 16.4. The van der Waals surface area contributed by atoms with Gasteiger partial charge in [-0.15, -0.1) is 0 Å². The van der Waals surface area contributed by atoms with Gasteiger partial charge in [0.25, 0.3) is 0 Å². The van der Waals surface area contributed by atoms with Crippen molar-refractivity contribution in [3.05, 3.63) is 11.1 Å². The van der Waals surface area contributed by atoms with Crippen LogP contribution < -0.4 is 0 Å². The van der Waals surface area contributed by atoms with Crippen LogP contribution >= 0.6 is 0 Å². The summed E-state index contributed by atoms with van der Waals surface area (Å²) in [6.07, 6.45) is 0. The molecule has 0 saturated carbocycles. The van der Waals surface area contributed by atoms with Gasteiger partial charge in [-0.25, -0.2) is 9.59 Å². The molecule has 0 aromatic heterocycles. The maximum absolute atomic E-state index is 12.6. The molecule has 0 rings (SSSR count). The van der Waals surface area contributed by atoms with Gasteiger partial charge in [0.05, 0.1) is 23.0 Å². The molecule has 0 aromatic rings. The van der Waals surface area contributed by atoms with E-state index in [1.165, 1.54) is 23.6 Å². The second-order valence-electron chi connectivity index (χ2n) is 5.90. The van der Waals surface area contributed by atoms with Crippen LogP contribution in [0.15, 0.2) is 11.1 Å². The lowest BCUT2D eigenvalue weighted by atomic mass is 9.87. The van der Waals surface area contributed by atoms with Crippen molar-refractivity contribution >= 4 is 23.8 Å². The molecule has 26 heavy (non-hydrogen) atoms. The van der Waals surface area contributed by atoms with Gasteiger partial charge in [0.1, 0.15) is 0 Å². The van der Waals surface area contributed by atoms with Gasteiger partial charge in [-0.2, -0.15) is 0 Å². The van der Waals surface area contributed by atoms with Crippen molar-refractivity contribution in [1.29, 1.82) is 0 Å². The van der Waals surface area contributed by atoms with Crippen LogP contribution in [0.3, 0.4) is 0 Å². The smallest absolute Gasteiger partial charge is 0.332 e. The van der Waals surface area contributed by atoms with Crippen LogP contribution in [0.5, 0.6) is 0 Å². The van der Waals surface area contributed by atoms with Crippen LogP contribution in [0.1, 0.15) is 41.5 Å². The number of carboxylic acids is 2. The lowest BCUT2D eigenvalue weighted by molar-refractivity contribution is -0.141. The molecule has 2 atom stereocenters. The summed E-state index contributed by atoms with van der Waals surface area (Å²) in [5, 5.41) is 19.2. The van der Waals surface area contributed by atoms with E-state index in [1.54, 1.807) is 27.7 Å². The monoisotopic (exact) mass is 370 g/mol. The van der Waals surface area contributed by atoms with Crippen molar-refractivity contribution in [2.24, 2.45) is 11.8 Å².